The highest BCUT2D eigenvalue weighted by Crippen LogP contribution is 2.25. The molecule has 0 bridgehead atoms. The summed E-state index contributed by atoms with van der Waals surface area (Å²) in [5.41, 5.74) is 2.05. The van der Waals surface area contributed by atoms with Gasteiger partial charge in [-0.25, -0.2) is 4.98 Å². The molecular formula is C14H10Cl2F3N3O. The van der Waals surface area contributed by atoms with Crippen LogP contribution in [0.5, 0.6) is 5.75 Å². The van der Waals surface area contributed by atoms with Crippen LogP contribution in [0.1, 0.15) is 0 Å². The van der Waals surface area contributed by atoms with Crippen molar-refractivity contribution in [2.24, 2.45) is 0 Å². The standard InChI is InChI=1S/C14H9ClF3N3O.ClH/c15-8-1-6-11-12(7-8)21-13(20-11)19-9-2-4-10(5-3-9)22-14(16,17)18;/h1-7H,(H2,19,20,21);1H. The van der Waals surface area contributed by atoms with E-state index in [1.807, 2.05) is 0 Å². The van der Waals surface area contributed by atoms with Gasteiger partial charge in [0.15, 0.2) is 0 Å². The number of halogens is 5. The summed E-state index contributed by atoms with van der Waals surface area (Å²) in [6.45, 7) is 0. The van der Waals surface area contributed by atoms with Crippen LogP contribution in [0.4, 0.5) is 24.8 Å². The van der Waals surface area contributed by atoms with Gasteiger partial charge in [-0.05, 0) is 42.5 Å². The molecule has 3 aromatic rings. The van der Waals surface area contributed by atoms with Crippen molar-refractivity contribution in [3.63, 3.8) is 0 Å². The summed E-state index contributed by atoms with van der Waals surface area (Å²) in [4.78, 5) is 7.31. The second kappa shape index (κ2) is 6.55. The highest BCUT2D eigenvalue weighted by atomic mass is 35.5. The molecule has 2 N–H and O–H groups in total. The molecule has 1 aromatic heterocycles. The lowest BCUT2D eigenvalue weighted by atomic mass is 10.3. The van der Waals surface area contributed by atoms with Crippen molar-refractivity contribution in [3.8, 4) is 5.75 Å². The first-order chi connectivity index (χ1) is 10.4. The minimum atomic E-state index is -4.70. The van der Waals surface area contributed by atoms with Gasteiger partial charge in [0.2, 0.25) is 5.95 Å². The van der Waals surface area contributed by atoms with E-state index in [1.165, 1.54) is 24.3 Å². The van der Waals surface area contributed by atoms with Gasteiger partial charge in [-0.1, -0.05) is 11.6 Å². The predicted molar refractivity (Wildman–Crippen MR) is 84.8 cm³/mol. The Hall–Kier alpha value is -2.12. The van der Waals surface area contributed by atoms with E-state index in [1.54, 1.807) is 18.2 Å². The molecule has 0 aliphatic rings. The summed E-state index contributed by atoms with van der Waals surface area (Å²) in [7, 11) is 0. The van der Waals surface area contributed by atoms with Gasteiger partial charge < -0.3 is 15.0 Å². The Bertz CT molecular complexity index is 803. The third-order valence-corrected chi connectivity index (χ3v) is 3.03. The van der Waals surface area contributed by atoms with E-state index in [2.05, 4.69) is 20.0 Å². The molecule has 0 atom stereocenters. The number of aromatic nitrogens is 2. The van der Waals surface area contributed by atoms with Gasteiger partial charge >= 0.3 is 6.36 Å². The SMILES string of the molecule is Cl.FC(F)(F)Oc1ccc(Nc2nc3ccc(Cl)cc3[nH]2)cc1. The molecule has 122 valence electrons. The van der Waals surface area contributed by atoms with Crippen molar-refractivity contribution >= 4 is 46.7 Å². The van der Waals surface area contributed by atoms with Crippen LogP contribution in [0.15, 0.2) is 42.5 Å². The number of rotatable bonds is 3. The number of nitrogens with zero attached hydrogens (tertiary/aromatic N) is 1. The van der Waals surface area contributed by atoms with Crippen LogP contribution >= 0.6 is 24.0 Å². The van der Waals surface area contributed by atoms with Gasteiger partial charge in [0.25, 0.3) is 0 Å². The van der Waals surface area contributed by atoms with Gasteiger partial charge in [-0.2, -0.15) is 0 Å². The van der Waals surface area contributed by atoms with Crippen molar-refractivity contribution in [2.75, 3.05) is 5.32 Å². The molecule has 0 saturated heterocycles. The lowest BCUT2D eigenvalue weighted by molar-refractivity contribution is -0.274. The van der Waals surface area contributed by atoms with E-state index in [9.17, 15) is 13.2 Å². The van der Waals surface area contributed by atoms with E-state index < -0.39 is 6.36 Å². The smallest absolute Gasteiger partial charge is 0.406 e. The van der Waals surface area contributed by atoms with Crippen LogP contribution in [0, 0.1) is 0 Å². The maximum atomic E-state index is 12.1. The lowest BCUT2D eigenvalue weighted by Gasteiger charge is -2.09. The predicted octanol–water partition coefficient (Wildman–Crippen LogP) is 5.28. The summed E-state index contributed by atoms with van der Waals surface area (Å²) < 4.78 is 40.0. The maximum Gasteiger partial charge on any atom is 0.573 e. The molecule has 0 aliphatic heterocycles. The van der Waals surface area contributed by atoms with Crippen molar-refractivity contribution in [2.45, 2.75) is 6.36 Å². The zero-order valence-corrected chi connectivity index (χ0v) is 12.9. The third-order valence-electron chi connectivity index (χ3n) is 2.79. The number of H-pyrrole nitrogens is 1. The molecule has 3 rings (SSSR count). The second-order valence-corrected chi connectivity index (χ2v) is 4.88. The van der Waals surface area contributed by atoms with Crippen LogP contribution in [-0.2, 0) is 0 Å². The average molecular weight is 364 g/mol. The molecule has 1 heterocycles. The number of alkyl halides is 3. The number of anilines is 2. The number of fused-ring (bicyclic) bond motifs is 1. The van der Waals surface area contributed by atoms with Gasteiger partial charge in [-0.3, -0.25) is 0 Å². The fourth-order valence-electron chi connectivity index (χ4n) is 1.92. The molecule has 0 spiro atoms. The number of benzene rings is 2. The fourth-order valence-corrected chi connectivity index (χ4v) is 2.09. The van der Waals surface area contributed by atoms with E-state index in [0.717, 1.165) is 11.0 Å². The Morgan fingerprint density at radius 1 is 1.09 bits per heavy atom. The number of ether oxygens (including phenoxy) is 1. The number of aromatic amines is 1. The Morgan fingerprint density at radius 2 is 1.78 bits per heavy atom. The first-order valence-corrected chi connectivity index (χ1v) is 6.55. The maximum absolute atomic E-state index is 12.1. The topological polar surface area (TPSA) is 49.9 Å². The monoisotopic (exact) mass is 363 g/mol. The van der Waals surface area contributed by atoms with Crippen LogP contribution in [-0.4, -0.2) is 16.3 Å². The zero-order valence-electron chi connectivity index (χ0n) is 11.3. The Labute approximate surface area is 140 Å². The minimum Gasteiger partial charge on any atom is -0.406 e. The Morgan fingerprint density at radius 3 is 2.43 bits per heavy atom. The molecule has 9 heteroatoms. The van der Waals surface area contributed by atoms with E-state index in [0.29, 0.717) is 16.7 Å². The van der Waals surface area contributed by atoms with Gasteiger partial charge in [0.05, 0.1) is 11.0 Å². The summed E-state index contributed by atoms with van der Waals surface area (Å²) in [5.74, 6) is 0.177. The van der Waals surface area contributed by atoms with Crippen molar-refractivity contribution < 1.29 is 17.9 Å². The first kappa shape index (κ1) is 17.2. The van der Waals surface area contributed by atoms with Crippen LogP contribution < -0.4 is 10.1 Å². The number of nitrogens with one attached hydrogen (secondary N) is 2. The van der Waals surface area contributed by atoms with E-state index in [-0.39, 0.29) is 18.2 Å². The van der Waals surface area contributed by atoms with Gasteiger partial charge in [0, 0.05) is 10.7 Å². The molecule has 0 radical (unpaired) electrons. The van der Waals surface area contributed by atoms with Gasteiger partial charge in [-0.15, -0.1) is 25.6 Å². The van der Waals surface area contributed by atoms with Crippen molar-refractivity contribution in [1.29, 1.82) is 0 Å². The van der Waals surface area contributed by atoms with Crippen LogP contribution in [0.2, 0.25) is 5.02 Å². The van der Waals surface area contributed by atoms with Crippen LogP contribution in [0.25, 0.3) is 11.0 Å². The van der Waals surface area contributed by atoms with E-state index >= 15 is 0 Å². The molecular weight excluding hydrogens is 354 g/mol. The Kier molecular flexibility index (Phi) is 4.91. The Balaban J connectivity index is 0.00000192. The first-order valence-electron chi connectivity index (χ1n) is 6.17. The highest BCUT2D eigenvalue weighted by molar-refractivity contribution is 6.31. The van der Waals surface area contributed by atoms with Gasteiger partial charge in [0.1, 0.15) is 5.75 Å². The molecule has 4 nitrogen and oxygen atoms in total. The molecule has 0 fully saturated rings. The quantitative estimate of drug-likeness (QED) is 0.665. The summed E-state index contributed by atoms with van der Waals surface area (Å²) in [6.07, 6.45) is -4.70. The summed E-state index contributed by atoms with van der Waals surface area (Å²) >= 11 is 5.88. The highest BCUT2D eigenvalue weighted by Gasteiger charge is 2.30. The molecule has 23 heavy (non-hydrogen) atoms. The lowest BCUT2D eigenvalue weighted by Crippen LogP contribution is -2.16. The normalized spacial score (nSPS) is 11.1. The number of hydrogen-bond donors (Lipinski definition) is 2. The summed E-state index contributed by atoms with van der Waals surface area (Å²) in [5, 5.41) is 3.54. The molecule has 0 aliphatic carbocycles. The zero-order chi connectivity index (χ0) is 15.7. The van der Waals surface area contributed by atoms with Crippen molar-refractivity contribution in [3.05, 3.63) is 47.5 Å². The number of imidazole rings is 1. The second-order valence-electron chi connectivity index (χ2n) is 4.44. The number of hydrogen-bond acceptors (Lipinski definition) is 3. The molecule has 2 aromatic carbocycles. The molecule has 0 saturated carbocycles. The average Bonchev–Trinajstić information content (AvgIpc) is 2.80. The largest absolute Gasteiger partial charge is 0.573 e. The summed E-state index contributed by atoms with van der Waals surface area (Å²) in [6, 6.07) is 10.6. The minimum absolute atomic E-state index is 0. The van der Waals surface area contributed by atoms with Crippen molar-refractivity contribution in [1.82, 2.24) is 9.97 Å². The van der Waals surface area contributed by atoms with E-state index in [4.69, 9.17) is 11.6 Å². The molecule has 0 unspecified atom stereocenters. The molecule has 0 amide bonds. The third kappa shape index (κ3) is 4.43. The van der Waals surface area contributed by atoms with Crippen LogP contribution in [0.3, 0.4) is 0 Å². The fraction of sp³-hybridized carbons (Fsp3) is 0.0714.